The number of hydrogen-bond donors (Lipinski definition) is 2. The van der Waals surface area contributed by atoms with Gasteiger partial charge in [-0.15, -0.1) is 0 Å². The molecule has 4 aromatic rings. The van der Waals surface area contributed by atoms with E-state index in [-0.39, 0.29) is 5.91 Å². The number of hydrogen-bond acceptors (Lipinski definition) is 4. The number of nitrogens with zero attached hydrogens (tertiary/aromatic N) is 2. The van der Waals surface area contributed by atoms with Gasteiger partial charge in [0.15, 0.2) is 0 Å². The highest BCUT2D eigenvalue weighted by molar-refractivity contribution is 6.07. The summed E-state index contributed by atoms with van der Waals surface area (Å²) in [7, 11) is 0. The van der Waals surface area contributed by atoms with Gasteiger partial charge in [-0.25, -0.2) is 4.98 Å². The van der Waals surface area contributed by atoms with E-state index < -0.39 is 6.04 Å². The number of carbonyl (C=O) groups excluding carboxylic acids is 1. The van der Waals surface area contributed by atoms with Crippen molar-refractivity contribution in [1.29, 1.82) is 0 Å². The average Bonchev–Trinajstić information content (AvgIpc) is 3.18. The molecule has 0 aliphatic carbocycles. The highest BCUT2D eigenvalue weighted by Gasteiger charge is 2.35. The molecule has 2 N–H and O–H groups in total. The number of benzene rings is 3. The van der Waals surface area contributed by atoms with Gasteiger partial charge < -0.3 is 15.4 Å². The van der Waals surface area contributed by atoms with E-state index in [4.69, 9.17) is 9.72 Å². The van der Waals surface area contributed by atoms with E-state index in [2.05, 4.69) is 21.3 Å². The number of amides is 1. The SMILES string of the molecule is CCOc1ccccc1C1C(C(=O)Nc2ccc(C)cc2C)=C(C)Nc2nc3ccccc3n21. The lowest BCUT2D eigenvalue weighted by Gasteiger charge is -2.31. The fourth-order valence-corrected chi connectivity index (χ4v) is 4.69. The lowest BCUT2D eigenvalue weighted by Crippen LogP contribution is -2.31. The fourth-order valence-electron chi connectivity index (χ4n) is 4.69. The maximum Gasteiger partial charge on any atom is 0.255 e. The smallest absolute Gasteiger partial charge is 0.255 e. The molecule has 2 heterocycles. The number of imidazole rings is 1. The Morgan fingerprint density at radius 1 is 1.06 bits per heavy atom. The van der Waals surface area contributed by atoms with E-state index in [0.29, 0.717) is 18.1 Å². The third kappa shape index (κ3) is 3.71. The first-order valence-corrected chi connectivity index (χ1v) is 11.5. The molecule has 6 heteroatoms. The van der Waals surface area contributed by atoms with Crippen LogP contribution in [0.4, 0.5) is 11.6 Å². The fraction of sp³-hybridized carbons (Fsp3) is 0.214. The Balaban J connectivity index is 1.69. The molecule has 1 amide bonds. The zero-order valence-corrected chi connectivity index (χ0v) is 19.8. The van der Waals surface area contributed by atoms with E-state index in [9.17, 15) is 4.79 Å². The second kappa shape index (κ2) is 8.71. The van der Waals surface area contributed by atoms with E-state index in [0.717, 1.165) is 44.9 Å². The molecule has 0 bridgehead atoms. The molecule has 1 atom stereocenters. The number of fused-ring (bicyclic) bond motifs is 3. The predicted octanol–water partition coefficient (Wildman–Crippen LogP) is 5.98. The molecule has 1 aliphatic heterocycles. The number of allylic oxidation sites excluding steroid dienone is 1. The Bertz CT molecular complexity index is 1430. The Hall–Kier alpha value is -4.06. The molecule has 1 aliphatic rings. The van der Waals surface area contributed by atoms with Gasteiger partial charge in [0.05, 0.1) is 29.3 Å². The van der Waals surface area contributed by atoms with Crippen LogP contribution in [0.5, 0.6) is 5.75 Å². The van der Waals surface area contributed by atoms with Crippen LogP contribution >= 0.6 is 0 Å². The lowest BCUT2D eigenvalue weighted by atomic mass is 9.93. The quantitative estimate of drug-likeness (QED) is 0.391. The minimum atomic E-state index is -0.405. The predicted molar refractivity (Wildman–Crippen MR) is 136 cm³/mol. The van der Waals surface area contributed by atoms with Crippen molar-refractivity contribution in [3.05, 3.63) is 94.7 Å². The van der Waals surface area contributed by atoms with E-state index >= 15 is 0 Å². The summed E-state index contributed by atoms with van der Waals surface area (Å²) >= 11 is 0. The standard InChI is InChI=1S/C28H28N4O2/c1-5-34-24-13-9-6-10-20(24)26-25(27(33)30-21-15-14-17(2)16-18(21)3)19(4)29-28-31-22-11-7-8-12-23(22)32(26)28/h6-16,26H,5H2,1-4H3,(H,29,31)(H,30,33). The van der Waals surface area contributed by atoms with Gasteiger partial charge in [-0.1, -0.05) is 48.0 Å². The highest BCUT2D eigenvalue weighted by Crippen LogP contribution is 2.42. The number of para-hydroxylation sites is 3. The Labute approximate surface area is 199 Å². The van der Waals surface area contributed by atoms with Crippen molar-refractivity contribution in [1.82, 2.24) is 9.55 Å². The van der Waals surface area contributed by atoms with Crippen LogP contribution in [0, 0.1) is 13.8 Å². The van der Waals surface area contributed by atoms with Crippen LogP contribution in [0.2, 0.25) is 0 Å². The van der Waals surface area contributed by atoms with Crippen molar-refractivity contribution in [2.75, 3.05) is 17.2 Å². The first-order valence-electron chi connectivity index (χ1n) is 11.5. The molecule has 0 radical (unpaired) electrons. The Morgan fingerprint density at radius 3 is 2.62 bits per heavy atom. The first kappa shape index (κ1) is 21.8. The van der Waals surface area contributed by atoms with Gasteiger partial charge in [0.25, 0.3) is 5.91 Å². The molecule has 1 aromatic heterocycles. The summed E-state index contributed by atoms with van der Waals surface area (Å²) in [5.41, 5.74) is 7.11. The molecule has 0 fully saturated rings. The lowest BCUT2D eigenvalue weighted by molar-refractivity contribution is -0.113. The third-order valence-corrected chi connectivity index (χ3v) is 6.22. The maximum atomic E-state index is 13.9. The Kier molecular flexibility index (Phi) is 5.57. The van der Waals surface area contributed by atoms with Gasteiger partial charge in [0.2, 0.25) is 5.95 Å². The van der Waals surface area contributed by atoms with E-state index in [1.807, 2.05) is 88.4 Å². The monoisotopic (exact) mass is 452 g/mol. The van der Waals surface area contributed by atoms with Crippen molar-refractivity contribution in [3.8, 4) is 5.75 Å². The largest absolute Gasteiger partial charge is 0.494 e. The molecule has 0 spiro atoms. The van der Waals surface area contributed by atoms with Gasteiger partial charge in [0.1, 0.15) is 5.75 Å². The first-order chi connectivity index (χ1) is 16.5. The Morgan fingerprint density at radius 2 is 1.82 bits per heavy atom. The minimum Gasteiger partial charge on any atom is -0.494 e. The summed E-state index contributed by atoms with van der Waals surface area (Å²) < 4.78 is 8.09. The average molecular weight is 453 g/mol. The molecule has 172 valence electrons. The van der Waals surface area contributed by atoms with Gasteiger partial charge in [-0.2, -0.15) is 0 Å². The van der Waals surface area contributed by atoms with Gasteiger partial charge in [-0.3, -0.25) is 9.36 Å². The van der Waals surface area contributed by atoms with E-state index in [1.165, 1.54) is 0 Å². The number of aromatic nitrogens is 2. The number of carbonyl (C=O) groups is 1. The number of rotatable bonds is 5. The molecular formula is C28H28N4O2. The molecule has 1 unspecified atom stereocenters. The summed E-state index contributed by atoms with van der Waals surface area (Å²) in [4.78, 5) is 18.7. The van der Waals surface area contributed by atoms with Gasteiger partial charge >= 0.3 is 0 Å². The van der Waals surface area contributed by atoms with Crippen molar-refractivity contribution < 1.29 is 9.53 Å². The molecule has 5 rings (SSSR count). The summed E-state index contributed by atoms with van der Waals surface area (Å²) in [6.45, 7) is 8.48. The van der Waals surface area contributed by atoms with Crippen LogP contribution in [0.15, 0.2) is 78.0 Å². The van der Waals surface area contributed by atoms with E-state index in [1.54, 1.807) is 0 Å². The van der Waals surface area contributed by atoms with Crippen molar-refractivity contribution in [2.24, 2.45) is 0 Å². The molecule has 0 saturated heterocycles. The third-order valence-electron chi connectivity index (χ3n) is 6.22. The molecule has 3 aromatic carbocycles. The second-order valence-corrected chi connectivity index (χ2v) is 8.60. The van der Waals surface area contributed by atoms with Crippen LogP contribution in [0.3, 0.4) is 0 Å². The summed E-state index contributed by atoms with van der Waals surface area (Å²) in [6.07, 6.45) is 0. The molecule has 34 heavy (non-hydrogen) atoms. The number of nitrogens with one attached hydrogen (secondary N) is 2. The molecule has 0 saturated carbocycles. The summed E-state index contributed by atoms with van der Waals surface area (Å²) in [6, 6.07) is 21.5. The van der Waals surface area contributed by atoms with Crippen LogP contribution in [0.25, 0.3) is 11.0 Å². The van der Waals surface area contributed by atoms with Crippen LogP contribution < -0.4 is 15.4 Å². The zero-order valence-electron chi connectivity index (χ0n) is 19.8. The van der Waals surface area contributed by atoms with Crippen molar-refractivity contribution in [3.63, 3.8) is 0 Å². The second-order valence-electron chi connectivity index (χ2n) is 8.60. The topological polar surface area (TPSA) is 68.2 Å². The minimum absolute atomic E-state index is 0.156. The molecule has 6 nitrogen and oxygen atoms in total. The number of ether oxygens (including phenoxy) is 1. The molecular weight excluding hydrogens is 424 g/mol. The van der Waals surface area contributed by atoms with Crippen LogP contribution in [-0.4, -0.2) is 22.1 Å². The van der Waals surface area contributed by atoms with Crippen LogP contribution in [0.1, 0.15) is 36.6 Å². The maximum absolute atomic E-state index is 13.9. The van der Waals surface area contributed by atoms with Crippen molar-refractivity contribution >= 4 is 28.6 Å². The summed E-state index contributed by atoms with van der Waals surface area (Å²) in [5.74, 6) is 1.31. The number of anilines is 2. The van der Waals surface area contributed by atoms with Gasteiger partial charge in [0, 0.05) is 16.9 Å². The number of aryl methyl sites for hydroxylation is 2. The van der Waals surface area contributed by atoms with Crippen molar-refractivity contribution in [2.45, 2.75) is 33.7 Å². The van der Waals surface area contributed by atoms with Crippen LogP contribution in [-0.2, 0) is 4.79 Å². The normalized spacial score (nSPS) is 15.1. The zero-order chi connectivity index (χ0) is 23.8. The highest BCUT2D eigenvalue weighted by atomic mass is 16.5. The summed E-state index contributed by atoms with van der Waals surface area (Å²) in [5, 5.41) is 6.52. The van der Waals surface area contributed by atoms with Gasteiger partial charge in [-0.05, 0) is 57.5 Å².